The van der Waals surface area contributed by atoms with Gasteiger partial charge in [-0.1, -0.05) is 66.7 Å². The van der Waals surface area contributed by atoms with Gasteiger partial charge in [0.1, 0.15) is 11.8 Å². The van der Waals surface area contributed by atoms with Crippen LogP contribution in [-0.2, 0) is 14.4 Å². The smallest absolute Gasteiger partial charge is 0.276 e. The molecule has 1 fully saturated rings. The van der Waals surface area contributed by atoms with Gasteiger partial charge in [0.05, 0.1) is 6.54 Å². The van der Waals surface area contributed by atoms with E-state index < -0.39 is 23.8 Å². The molecule has 0 saturated heterocycles. The van der Waals surface area contributed by atoms with E-state index in [1.165, 1.54) is 0 Å². The van der Waals surface area contributed by atoms with Gasteiger partial charge >= 0.3 is 0 Å². The van der Waals surface area contributed by atoms with E-state index in [2.05, 4.69) is 16.2 Å². The number of amides is 4. The second kappa shape index (κ2) is 10.5. The second-order valence-electron chi connectivity index (χ2n) is 8.90. The third kappa shape index (κ3) is 5.30. The molecule has 0 spiro atoms. The van der Waals surface area contributed by atoms with Crippen molar-refractivity contribution in [2.45, 2.75) is 24.9 Å². The van der Waals surface area contributed by atoms with Gasteiger partial charge in [-0.15, -0.1) is 0 Å². The molecule has 1 unspecified atom stereocenters. The molecule has 1 atom stereocenters. The molecule has 5 rings (SSSR count). The number of nitrogens with zero attached hydrogens (tertiary/aromatic N) is 1. The van der Waals surface area contributed by atoms with Crippen molar-refractivity contribution in [3.8, 4) is 16.9 Å². The number of rotatable bonds is 8. The number of para-hydroxylation sites is 1. The summed E-state index contributed by atoms with van der Waals surface area (Å²) in [4.78, 5) is 51.8. The first-order chi connectivity index (χ1) is 18.0. The molecule has 1 aliphatic carbocycles. The van der Waals surface area contributed by atoms with Crippen LogP contribution in [0.15, 0.2) is 78.9 Å². The summed E-state index contributed by atoms with van der Waals surface area (Å²) in [6.07, 6.45) is 1.71. The number of ether oxygens (including phenoxy) is 1. The van der Waals surface area contributed by atoms with Crippen LogP contribution in [0.4, 0.5) is 0 Å². The van der Waals surface area contributed by atoms with E-state index in [9.17, 15) is 19.2 Å². The Kier molecular flexibility index (Phi) is 6.85. The number of hydrogen-bond donors (Lipinski definition) is 3. The Morgan fingerprint density at radius 3 is 2.22 bits per heavy atom. The topological polar surface area (TPSA) is 117 Å². The Hall–Kier alpha value is -4.66. The first-order valence-electron chi connectivity index (χ1n) is 12.1. The maximum absolute atomic E-state index is 13.0. The maximum atomic E-state index is 13.0. The van der Waals surface area contributed by atoms with Crippen LogP contribution in [0.3, 0.4) is 0 Å². The minimum absolute atomic E-state index is 0.0378. The number of hydrogen-bond acceptors (Lipinski definition) is 5. The average molecular weight is 499 g/mol. The highest BCUT2D eigenvalue weighted by atomic mass is 16.5. The number of nitrogens with one attached hydrogen (secondary N) is 3. The molecule has 1 heterocycles. The first-order valence-corrected chi connectivity index (χ1v) is 12.1. The van der Waals surface area contributed by atoms with Gasteiger partial charge in [-0.2, -0.15) is 0 Å². The van der Waals surface area contributed by atoms with Crippen molar-refractivity contribution in [1.29, 1.82) is 0 Å². The lowest BCUT2D eigenvalue weighted by Crippen LogP contribution is -2.49. The van der Waals surface area contributed by atoms with Gasteiger partial charge in [-0.05, 0) is 36.1 Å². The number of fused-ring (bicyclic) bond motifs is 1. The van der Waals surface area contributed by atoms with Crippen LogP contribution in [0, 0.1) is 0 Å². The highest BCUT2D eigenvalue weighted by Crippen LogP contribution is 2.41. The van der Waals surface area contributed by atoms with E-state index in [-0.39, 0.29) is 25.1 Å². The molecule has 37 heavy (non-hydrogen) atoms. The van der Waals surface area contributed by atoms with Gasteiger partial charge in [0.2, 0.25) is 5.91 Å². The Bertz CT molecular complexity index is 1340. The fourth-order valence-corrected chi connectivity index (χ4v) is 4.41. The summed E-state index contributed by atoms with van der Waals surface area (Å²) in [6.45, 7) is -0.671. The van der Waals surface area contributed by atoms with Gasteiger partial charge in [0.25, 0.3) is 17.7 Å². The molecule has 188 valence electrons. The van der Waals surface area contributed by atoms with E-state index in [0.717, 1.165) is 24.0 Å². The quantitative estimate of drug-likeness (QED) is 0.412. The lowest BCUT2D eigenvalue weighted by Gasteiger charge is -2.24. The van der Waals surface area contributed by atoms with Crippen molar-refractivity contribution in [2.24, 2.45) is 0 Å². The molecule has 4 amide bonds. The van der Waals surface area contributed by atoms with E-state index in [1.54, 1.807) is 35.2 Å². The minimum atomic E-state index is -0.767. The predicted molar refractivity (Wildman–Crippen MR) is 135 cm³/mol. The number of carbonyl (C=O) groups is 4. The van der Waals surface area contributed by atoms with E-state index in [4.69, 9.17) is 4.74 Å². The van der Waals surface area contributed by atoms with Gasteiger partial charge in [-0.3, -0.25) is 30.0 Å². The maximum Gasteiger partial charge on any atom is 0.276 e. The van der Waals surface area contributed by atoms with Gasteiger partial charge in [-0.25, -0.2) is 0 Å². The minimum Gasteiger partial charge on any atom is -0.483 e. The molecule has 3 N–H and O–H groups in total. The molecule has 2 aliphatic rings. The van der Waals surface area contributed by atoms with E-state index in [0.29, 0.717) is 16.9 Å². The van der Waals surface area contributed by atoms with Crippen molar-refractivity contribution < 1.29 is 23.9 Å². The van der Waals surface area contributed by atoms with Gasteiger partial charge in [0.15, 0.2) is 6.61 Å². The first kappa shape index (κ1) is 24.1. The zero-order valence-corrected chi connectivity index (χ0v) is 20.0. The summed E-state index contributed by atoms with van der Waals surface area (Å²) in [7, 11) is 0. The SMILES string of the molecule is O=C(CNC(=O)C1c2ccccc2C(=O)N1C1CC1)NNC(=O)COc1ccccc1-c1ccccc1. The molecule has 1 saturated carbocycles. The Labute approximate surface area is 213 Å². The summed E-state index contributed by atoms with van der Waals surface area (Å²) in [6, 6.07) is 23.3. The molecule has 1 aliphatic heterocycles. The third-order valence-corrected chi connectivity index (χ3v) is 6.28. The standard InChI is InChI=1S/C28H26N4O5/c33-24(16-29-27(35)26-21-11-4-5-12-22(21)28(36)32(26)19-14-15-19)30-31-25(34)17-37-23-13-7-6-10-20(23)18-8-2-1-3-9-18/h1-13,19,26H,14-17H2,(H,29,35)(H,30,33)(H,31,34). The number of hydrazine groups is 1. The van der Waals surface area contributed by atoms with Crippen LogP contribution < -0.4 is 20.9 Å². The second-order valence-corrected chi connectivity index (χ2v) is 8.90. The molecule has 3 aromatic carbocycles. The summed E-state index contributed by atoms with van der Waals surface area (Å²) in [5, 5.41) is 2.58. The molecule has 9 nitrogen and oxygen atoms in total. The fraction of sp³-hybridized carbons (Fsp3) is 0.214. The van der Waals surface area contributed by atoms with Crippen LogP contribution >= 0.6 is 0 Å². The van der Waals surface area contributed by atoms with Crippen molar-refractivity contribution in [3.63, 3.8) is 0 Å². The Balaban J connectivity index is 1.11. The van der Waals surface area contributed by atoms with E-state index >= 15 is 0 Å². The van der Waals surface area contributed by atoms with Crippen LogP contribution in [0.25, 0.3) is 11.1 Å². The van der Waals surface area contributed by atoms with Crippen LogP contribution in [0.2, 0.25) is 0 Å². The summed E-state index contributed by atoms with van der Waals surface area (Å²) < 4.78 is 5.66. The molecular formula is C28H26N4O5. The molecular weight excluding hydrogens is 472 g/mol. The summed E-state index contributed by atoms with van der Waals surface area (Å²) in [5.74, 6) is -1.23. The highest BCUT2D eigenvalue weighted by Gasteiger charge is 2.47. The molecule has 3 aromatic rings. The van der Waals surface area contributed by atoms with Crippen molar-refractivity contribution >= 4 is 23.6 Å². The normalized spacial score (nSPS) is 16.1. The van der Waals surface area contributed by atoms with Crippen LogP contribution in [0.5, 0.6) is 5.75 Å². The lowest BCUT2D eigenvalue weighted by molar-refractivity contribution is -0.131. The van der Waals surface area contributed by atoms with Crippen LogP contribution in [-0.4, -0.2) is 47.7 Å². The zero-order valence-electron chi connectivity index (χ0n) is 20.0. The van der Waals surface area contributed by atoms with Gasteiger partial charge < -0.3 is 15.0 Å². The van der Waals surface area contributed by atoms with E-state index in [1.807, 2.05) is 48.5 Å². The molecule has 0 bridgehead atoms. The molecule has 0 radical (unpaired) electrons. The zero-order chi connectivity index (χ0) is 25.8. The average Bonchev–Trinajstić information content (AvgIpc) is 3.73. The summed E-state index contributed by atoms with van der Waals surface area (Å²) >= 11 is 0. The molecule has 0 aromatic heterocycles. The predicted octanol–water partition coefficient (Wildman–Crippen LogP) is 2.36. The van der Waals surface area contributed by atoms with Gasteiger partial charge in [0, 0.05) is 17.2 Å². The Morgan fingerprint density at radius 2 is 1.46 bits per heavy atom. The third-order valence-electron chi connectivity index (χ3n) is 6.28. The van der Waals surface area contributed by atoms with Crippen molar-refractivity contribution in [1.82, 2.24) is 21.1 Å². The molecule has 9 heteroatoms. The largest absolute Gasteiger partial charge is 0.483 e. The summed E-state index contributed by atoms with van der Waals surface area (Å²) in [5.41, 5.74) is 7.50. The fourth-order valence-electron chi connectivity index (χ4n) is 4.41. The number of carbonyl (C=O) groups excluding carboxylic acids is 4. The van der Waals surface area contributed by atoms with Crippen molar-refractivity contribution in [3.05, 3.63) is 90.0 Å². The Morgan fingerprint density at radius 1 is 0.811 bits per heavy atom. The van der Waals surface area contributed by atoms with Crippen molar-refractivity contribution in [2.75, 3.05) is 13.2 Å². The monoisotopic (exact) mass is 498 g/mol. The highest BCUT2D eigenvalue weighted by molar-refractivity contribution is 6.05. The number of benzene rings is 3. The van der Waals surface area contributed by atoms with Crippen LogP contribution in [0.1, 0.15) is 34.8 Å². The lowest BCUT2D eigenvalue weighted by atomic mass is 10.0.